The lowest BCUT2D eigenvalue weighted by Crippen LogP contribution is -2.44. The first-order chi connectivity index (χ1) is 14.5. The summed E-state index contributed by atoms with van der Waals surface area (Å²) in [4.78, 5) is 20.4. The Morgan fingerprint density at radius 2 is 2.00 bits per heavy atom. The fourth-order valence-electron chi connectivity index (χ4n) is 4.90. The molecule has 156 valence electrons. The minimum absolute atomic E-state index is 0.121. The van der Waals surface area contributed by atoms with Crippen molar-refractivity contribution in [2.45, 2.75) is 59.1 Å². The Morgan fingerprint density at radius 3 is 2.67 bits per heavy atom. The van der Waals surface area contributed by atoms with Gasteiger partial charge < -0.3 is 9.64 Å². The van der Waals surface area contributed by atoms with Crippen LogP contribution in [0.3, 0.4) is 0 Å². The Morgan fingerprint density at radius 1 is 1.23 bits per heavy atom. The number of carbonyl (C=O) groups excluding carboxylic acids is 1. The number of para-hydroxylation sites is 1. The Hall–Kier alpha value is -2.72. The maximum atomic E-state index is 13.2. The number of rotatable bonds is 7. The third kappa shape index (κ3) is 2.93. The number of hydrogen-bond donors (Lipinski definition) is 0. The number of fused-ring (bicyclic) bond motifs is 4. The van der Waals surface area contributed by atoms with E-state index in [1.807, 2.05) is 39.0 Å². The highest BCUT2D eigenvalue weighted by Gasteiger charge is 2.44. The molecule has 0 saturated carbocycles. The van der Waals surface area contributed by atoms with Gasteiger partial charge in [0.05, 0.1) is 23.5 Å². The molecule has 0 saturated heterocycles. The van der Waals surface area contributed by atoms with Gasteiger partial charge in [0.1, 0.15) is 0 Å². The Labute approximate surface area is 178 Å². The van der Waals surface area contributed by atoms with E-state index < -0.39 is 5.60 Å². The van der Waals surface area contributed by atoms with Crippen LogP contribution >= 0.6 is 0 Å². The van der Waals surface area contributed by atoms with Crippen molar-refractivity contribution in [3.63, 3.8) is 0 Å². The van der Waals surface area contributed by atoms with E-state index in [9.17, 15) is 4.79 Å². The summed E-state index contributed by atoms with van der Waals surface area (Å²) in [6.07, 6.45) is 3.98. The number of nitrogens with zero attached hydrogens (tertiary/aromatic N) is 2. The lowest BCUT2D eigenvalue weighted by molar-refractivity contribution is -0.139. The molecule has 1 atom stereocenters. The van der Waals surface area contributed by atoms with E-state index in [-0.39, 0.29) is 5.78 Å². The van der Waals surface area contributed by atoms with Gasteiger partial charge in [-0.25, -0.2) is 4.98 Å². The quantitative estimate of drug-likeness (QED) is 0.588. The molecule has 2 aliphatic heterocycles. The van der Waals surface area contributed by atoms with Gasteiger partial charge in [-0.3, -0.25) is 4.79 Å². The molecule has 2 aliphatic rings. The number of hydrogen-bond acceptors (Lipinski definition) is 4. The van der Waals surface area contributed by atoms with Gasteiger partial charge in [-0.1, -0.05) is 45.5 Å². The van der Waals surface area contributed by atoms with Crippen molar-refractivity contribution < 1.29 is 9.53 Å². The Balaban J connectivity index is 1.94. The van der Waals surface area contributed by atoms with Crippen LogP contribution in [0.5, 0.6) is 0 Å². The van der Waals surface area contributed by atoms with Crippen molar-refractivity contribution in [1.29, 1.82) is 0 Å². The zero-order chi connectivity index (χ0) is 21.5. The third-order valence-corrected chi connectivity index (χ3v) is 6.39. The lowest BCUT2D eigenvalue weighted by Gasteiger charge is -2.39. The first-order valence-corrected chi connectivity index (χ1v) is 11.0. The minimum atomic E-state index is -0.934. The average molecular weight is 403 g/mol. The minimum Gasteiger partial charge on any atom is -0.363 e. The van der Waals surface area contributed by atoms with Crippen molar-refractivity contribution in [2.75, 3.05) is 6.61 Å². The van der Waals surface area contributed by atoms with Crippen LogP contribution < -0.4 is 0 Å². The second kappa shape index (κ2) is 7.84. The topological polar surface area (TPSA) is 42.4 Å². The number of aromatic nitrogens is 1. The number of Topliss-reactive ketones (excluding diaryl/α,β-unsaturated/α-hetero) is 1. The van der Waals surface area contributed by atoms with E-state index in [2.05, 4.69) is 36.6 Å². The molecule has 1 aromatic carbocycles. The summed E-state index contributed by atoms with van der Waals surface area (Å²) in [7, 11) is 0. The maximum absolute atomic E-state index is 13.2. The first kappa shape index (κ1) is 20.5. The maximum Gasteiger partial charge on any atom is 0.168 e. The second-order valence-corrected chi connectivity index (χ2v) is 7.89. The van der Waals surface area contributed by atoms with Crippen molar-refractivity contribution in [3.8, 4) is 0 Å². The van der Waals surface area contributed by atoms with Crippen LogP contribution in [0.4, 0.5) is 0 Å². The van der Waals surface area contributed by atoms with Gasteiger partial charge in [0.25, 0.3) is 0 Å². The molecule has 1 unspecified atom stereocenters. The molecule has 2 aromatic rings. The van der Waals surface area contributed by atoms with Gasteiger partial charge >= 0.3 is 0 Å². The van der Waals surface area contributed by atoms with Crippen molar-refractivity contribution in [2.24, 2.45) is 0 Å². The lowest BCUT2D eigenvalue weighted by atomic mass is 9.79. The van der Waals surface area contributed by atoms with Gasteiger partial charge in [-0.15, -0.1) is 0 Å². The summed E-state index contributed by atoms with van der Waals surface area (Å²) in [6, 6.07) is 10.4. The summed E-state index contributed by atoms with van der Waals surface area (Å²) >= 11 is 0. The van der Waals surface area contributed by atoms with Crippen LogP contribution in [-0.4, -0.2) is 27.9 Å². The number of benzene rings is 1. The van der Waals surface area contributed by atoms with Crippen LogP contribution in [0.25, 0.3) is 16.6 Å². The standard InChI is InChI=1S/C26H30N2O2/c1-6-20-17(5)28-16-19-14-18-12-10-11-13-22(18)27-25(19)23(28)15-21(20)26(8-3,30-9-4)24(29)7-2/h10-15H,5-9,16H2,1-4H3. The molecule has 0 spiro atoms. The van der Waals surface area contributed by atoms with Crippen molar-refractivity contribution in [3.05, 3.63) is 71.1 Å². The predicted molar refractivity (Wildman–Crippen MR) is 122 cm³/mol. The molecule has 0 amide bonds. The predicted octanol–water partition coefficient (Wildman–Crippen LogP) is 5.79. The normalized spacial score (nSPS) is 17.7. The molecular weight excluding hydrogens is 372 g/mol. The molecule has 0 bridgehead atoms. The summed E-state index contributed by atoms with van der Waals surface area (Å²) in [5, 5.41) is 1.14. The summed E-state index contributed by atoms with van der Waals surface area (Å²) in [5.41, 5.74) is 6.26. The fourth-order valence-corrected chi connectivity index (χ4v) is 4.90. The molecule has 1 aromatic heterocycles. The highest BCUT2D eigenvalue weighted by atomic mass is 16.5. The molecule has 4 heteroatoms. The van der Waals surface area contributed by atoms with E-state index >= 15 is 0 Å². The smallest absolute Gasteiger partial charge is 0.168 e. The summed E-state index contributed by atoms with van der Waals surface area (Å²) in [5.74, 6) is 0.121. The molecule has 4 rings (SSSR count). The fraction of sp³-hybridized carbons (Fsp3) is 0.385. The highest BCUT2D eigenvalue weighted by Crippen LogP contribution is 2.46. The summed E-state index contributed by atoms with van der Waals surface area (Å²) in [6.45, 7) is 13.7. The molecule has 3 heterocycles. The van der Waals surface area contributed by atoms with Crippen LogP contribution in [-0.2, 0) is 16.1 Å². The van der Waals surface area contributed by atoms with Gasteiger partial charge in [-0.05, 0) is 49.1 Å². The number of carbonyl (C=O) groups is 1. The molecule has 0 fully saturated rings. The van der Waals surface area contributed by atoms with Gasteiger partial charge in [-0.2, -0.15) is 0 Å². The zero-order valence-electron chi connectivity index (χ0n) is 18.4. The third-order valence-electron chi connectivity index (χ3n) is 6.39. The largest absolute Gasteiger partial charge is 0.363 e. The SMILES string of the molecule is C=C1C(CC)=C(C(CC)(OCC)C(=O)CC)C=C2c3nc4ccccc4cc3CN12. The van der Waals surface area contributed by atoms with Gasteiger partial charge in [0.15, 0.2) is 11.4 Å². The Kier molecular flexibility index (Phi) is 5.37. The number of ketones is 1. The van der Waals surface area contributed by atoms with Crippen LogP contribution in [0.2, 0.25) is 0 Å². The van der Waals surface area contributed by atoms with E-state index in [0.717, 1.165) is 52.1 Å². The number of pyridine rings is 1. The van der Waals surface area contributed by atoms with E-state index in [4.69, 9.17) is 9.72 Å². The summed E-state index contributed by atoms with van der Waals surface area (Å²) < 4.78 is 6.23. The molecule has 30 heavy (non-hydrogen) atoms. The van der Waals surface area contributed by atoms with E-state index in [1.165, 1.54) is 5.56 Å². The molecule has 4 nitrogen and oxygen atoms in total. The van der Waals surface area contributed by atoms with E-state index in [1.54, 1.807) is 0 Å². The molecule has 0 N–H and O–H groups in total. The first-order valence-electron chi connectivity index (χ1n) is 11.0. The van der Waals surface area contributed by atoms with Crippen LogP contribution in [0.15, 0.2) is 59.8 Å². The molecule has 0 aliphatic carbocycles. The number of ether oxygens (including phenoxy) is 1. The number of allylic oxidation sites excluding steroid dienone is 1. The average Bonchev–Trinajstić information content (AvgIpc) is 3.13. The highest BCUT2D eigenvalue weighted by molar-refractivity contribution is 5.94. The molecule has 0 radical (unpaired) electrons. The Bertz CT molecular complexity index is 1100. The van der Waals surface area contributed by atoms with Crippen LogP contribution in [0.1, 0.15) is 58.2 Å². The molecular formula is C26H30N2O2. The van der Waals surface area contributed by atoms with Crippen molar-refractivity contribution in [1.82, 2.24) is 9.88 Å². The van der Waals surface area contributed by atoms with E-state index in [0.29, 0.717) is 19.4 Å². The van der Waals surface area contributed by atoms with Gasteiger partial charge in [0.2, 0.25) is 0 Å². The van der Waals surface area contributed by atoms with Crippen molar-refractivity contribution >= 4 is 22.4 Å². The zero-order valence-corrected chi connectivity index (χ0v) is 18.4. The van der Waals surface area contributed by atoms with Gasteiger partial charge in [0, 0.05) is 29.7 Å². The second-order valence-electron chi connectivity index (χ2n) is 7.89. The van der Waals surface area contributed by atoms with Crippen LogP contribution in [0, 0.1) is 0 Å². The monoisotopic (exact) mass is 402 g/mol.